The Bertz CT molecular complexity index is 1200. The Morgan fingerprint density at radius 2 is 2.06 bits per heavy atom. The summed E-state index contributed by atoms with van der Waals surface area (Å²) in [6.07, 6.45) is 2.13. The highest BCUT2D eigenvalue weighted by Crippen LogP contribution is 2.30. The SMILES string of the molecule is C=C(C(=O)N[C@@H]1CN(c2nc(Nc3cn(C)nc3OC)c3ncn(C)c3n2)C[C@H]1F)C(C)C. The molecule has 33 heavy (non-hydrogen) atoms. The highest BCUT2D eigenvalue weighted by Gasteiger charge is 2.36. The first-order chi connectivity index (χ1) is 15.7. The Labute approximate surface area is 190 Å². The molecule has 2 atom stereocenters. The third-order valence-electron chi connectivity index (χ3n) is 5.63. The van der Waals surface area contributed by atoms with Gasteiger partial charge in [-0.2, -0.15) is 9.97 Å². The normalized spacial score (nSPS) is 18.2. The fraction of sp³-hybridized carbons (Fsp3) is 0.476. The molecule has 0 aromatic carbocycles. The average molecular weight is 458 g/mol. The van der Waals surface area contributed by atoms with Crippen LogP contribution in [0.25, 0.3) is 11.2 Å². The summed E-state index contributed by atoms with van der Waals surface area (Å²) in [6, 6.07) is -0.686. The monoisotopic (exact) mass is 457 g/mol. The second kappa shape index (κ2) is 8.68. The molecule has 1 fully saturated rings. The molecule has 2 N–H and O–H groups in total. The van der Waals surface area contributed by atoms with Crippen LogP contribution in [-0.4, -0.2) is 67.6 Å². The fourth-order valence-electron chi connectivity index (χ4n) is 3.64. The van der Waals surface area contributed by atoms with E-state index < -0.39 is 12.2 Å². The largest absolute Gasteiger partial charge is 0.478 e. The number of hydrogen-bond acceptors (Lipinski definition) is 8. The molecule has 12 heteroatoms. The molecule has 3 aromatic heterocycles. The number of amides is 1. The van der Waals surface area contributed by atoms with Crippen LogP contribution in [0.5, 0.6) is 5.88 Å². The van der Waals surface area contributed by atoms with Gasteiger partial charge in [-0.05, 0) is 5.92 Å². The minimum absolute atomic E-state index is 0.0192. The van der Waals surface area contributed by atoms with E-state index in [1.54, 1.807) is 33.7 Å². The molecule has 0 aliphatic carbocycles. The number of aromatic nitrogens is 6. The lowest BCUT2D eigenvalue weighted by atomic mass is 10.0. The van der Waals surface area contributed by atoms with Crippen molar-refractivity contribution in [2.45, 2.75) is 26.1 Å². The molecule has 3 aromatic rings. The Kier molecular flexibility index (Phi) is 5.91. The summed E-state index contributed by atoms with van der Waals surface area (Å²) >= 11 is 0. The zero-order valence-electron chi connectivity index (χ0n) is 19.3. The van der Waals surface area contributed by atoms with Gasteiger partial charge in [-0.25, -0.2) is 9.37 Å². The number of nitrogens with zero attached hydrogens (tertiary/aromatic N) is 7. The van der Waals surface area contributed by atoms with Crippen LogP contribution in [0, 0.1) is 5.92 Å². The molecular weight excluding hydrogens is 429 g/mol. The summed E-state index contributed by atoms with van der Waals surface area (Å²) in [5.74, 6) is 0.819. The Morgan fingerprint density at radius 1 is 1.30 bits per heavy atom. The number of alkyl halides is 1. The number of imidazole rings is 1. The highest BCUT2D eigenvalue weighted by molar-refractivity contribution is 5.93. The summed E-state index contributed by atoms with van der Waals surface area (Å²) in [6.45, 7) is 7.83. The van der Waals surface area contributed by atoms with E-state index in [9.17, 15) is 9.18 Å². The summed E-state index contributed by atoms with van der Waals surface area (Å²) in [5, 5.41) is 10.2. The molecule has 0 spiro atoms. The van der Waals surface area contributed by atoms with E-state index in [-0.39, 0.29) is 24.9 Å². The van der Waals surface area contributed by atoms with Gasteiger partial charge in [0.15, 0.2) is 17.0 Å². The van der Waals surface area contributed by atoms with Crippen LogP contribution in [0.4, 0.5) is 21.8 Å². The number of carbonyl (C=O) groups excluding carboxylic acids is 1. The van der Waals surface area contributed by atoms with E-state index in [1.165, 1.54) is 7.11 Å². The standard InChI is InChI=1S/C21H28FN9O2/c1-11(2)12(3)19(32)25-14-9-31(7-13(14)22)21-26-17(16-18(27-21)29(4)10-23-16)24-15-8-30(5)28-20(15)33-6/h8,10-11,13-14H,3,7,9H2,1-2,4-6H3,(H,25,32)(H,24,26,27)/t13-,14-/m1/s1. The first-order valence-electron chi connectivity index (χ1n) is 10.6. The lowest BCUT2D eigenvalue weighted by molar-refractivity contribution is -0.118. The van der Waals surface area contributed by atoms with Crippen molar-refractivity contribution in [3.63, 3.8) is 0 Å². The maximum Gasteiger partial charge on any atom is 0.256 e. The molecule has 1 aliphatic heterocycles. The minimum atomic E-state index is -1.27. The molecule has 176 valence electrons. The van der Waals surface area contributed by atoms with Crippen LogP contribution >= 0.6 is 0 Å². The van der Waals surface area contributed by atoms with Gasteiger partial charge in [-0.15, -0.1) is 5.10 Å². The van der Waals surface area contributed by atoms with E-state index >= 15 is 0 Å². The fourth-order valence-corrected chi connectivity index (χ4v) is 3.64. The minimum Gasteiger partial charge on any atom is -0.478 e. The van der Waals surface area contributed by atoms with Crippen molar-refractivity contribution < 1.29 is 13.9 Å². The van der Waals surface area contributed by atoms with Gasteiger partial charge in [0.05, 0.1) is 32.2 Å². The molecule has 4 heterocycles. The quantitative estimate of drug-likeness (QED) is 0.515. The van der Waals surface area contributed by atoms with Crippen LogP contribution in [0.1, 0.15) is 13.8 Å². The summed E-state index contributed by atoms with van der Waals surface area (Å²) < 4.78 is 23.5. The van der Waals surface area contributed by atoms with Gasteiger partial charge in [0, 0.05) is 26.2 Å². The number of anilines is 3. The van der Waals surface area contributed by atoms with Gasteiger partial charge < -0.3 is 24.8 Å². The van der Waals surface area contributed by atoms with E-state index in [0.717, 1.165) is 0 Å². The van der Waals surface area contributed by atoms with Gasteiger partial charge >= 0.3 is 0 Å². The number of hydrogen-bond donors (Lipinski definition) is 2. The first-order valence-corrected chi connectivity index (χ1v) is 10.6. The van der Waals surface area contributed by atoms with Crippen LogP contribution in [0.2, 0.25) is 0 Å². The molecule has 0 bridgehead atoms. The summed E-state index contributed by atoms with van der Waals surface area (Å²) in [4.78, 5) is 27.7. The van der Waals surface area contributed by atoms with Crippen LogP contribution in [-0.2, 0) is 18.9 Å². The van der Waals surface area contributed by atoms with Gasteiger partial charge in [-0.3, -0.25) is 9.48 Å². The van der Waals surface area contributed by atoms with E-state index in [0.29, 0.717) is 40.1 Å². The van der Waals surface area contributed by atoms with Crippen molar-refractivity contribution in [1.82, 2.24) is 34.6 Å². The van der Waals surface area contributed by atoms with Crippen LogP contribution in [0.15, 0.2) is 24.7 Å². The predicted molar refractivity (Wildman–Crippen MR) is 122 cm³/mol. The number of carbonyl (C=O) groups is 1. The molecule has 0 radical (unpaired) electrons. The average Bonchev–Trinajstić information content (AvgIpc) is 3.44. The Balaban J connectivity index is 1.62. The van der Waals surface area contributed by atoms with Gasteiger partial charge in [-0.1, -0.05) is 20.4 Å². The van der Waals surface area contributed by atoms with Crippen molar-refractivity contribution in [2.24, 2.45) is 20.0 Å². The number of aryl methyl sites for hydroxylation is 2. The maximum absolute atomic E-state index is 14.8. The van der Waals surface area contributed by atoms with Crippen LogP contribution < -0.4 is 20.3 Å². The van der Waals surface area contributed by atoms with E-state index in [2.05, 4.69) is 37.3 Å². The highest BCUT2D eigenvalue weighted by atomic mass is 19.1. The molecule has 1 aliphatic rings. The van der Waals surface area contributed by atoms with Crippen molar-refractivity contribution in [1.29, 1.82) is 0 Å². The third kappa shape index (κ3) is 4.32. The lowest BCUT2D eigenvalue weighted by Crippen LogP contribution is -2.42. The van der Waals surface area contributed by atoms with E-state index in [4.69, 9.17) is 4.74 Å². The third-order valence-corrected chi connectivity index (χ3v) is 5.63. The van der Waals surface area contributed by atoms with Gasteiger partial charge in [0.25, 0.3) is 5.88 Å². The molecule has 11 nitrogen and oxygen atoms in total. The van der Waals surface area contributed by atoms with E-state index in [1.807, 2.05) is 20.9 Å². The Morgan fingerprint density at radius 3 is 2.76 bits per heavy atom. The summed E-state index contributed by atoms with van der Waals surface area (Å²) in [5.41, 5.74) is 2.17. The molecule has 4 rings (SSSR count). The van der Waals surface area contributed by atoms with Crippen molar-refractivity contribution in [3.8, 4) is 5.88 Å². The maximum atomic E-state index is 14.8. The number of methoxy groups -OCH3 is 1. The van der Waals surface area contributed by atoms with Crippen molar-refractivity contribution in [2.75, 3.05) is 30.4 Å². The second-order valence-corrected chi connectivity index (χ2v) is 8.43. The Hall–Kier alpha value is -3.70. The predicted octanol–water partition coefficient (Wildman–Crippen LogP) is 1.70. The van der Waals surface area contributed by atoms with Crippen molar-refractivity contribution in [3.05, 3.63) is 24.7 Å². The smallest absolute Gasteiger partial charge is 0.256 e. The number of nitrogens with one attached hydrogen (secondary N) is 2. The molecule has 0 saturated carbocycles. The topological polar surface area (TPSA) is 115 Å². The number of halogens is 1. The second-order valence-electron chi connectivity index (χ2n) is 8.43. The zero-order chi connectivity index (χ0) is 23.9. The van der Waals surface area contributed by atoms with Crippen molar-refractivity contribution >= 4 is 34.5 Å². The number of rotatable bonds is 7. The lowest BCUT2D eigenvalue weighted by Gasteiger charge is -2.18. The molecule has 1 saturated heterocycles. The molecular formula is C21H28FN9O2. The zero-order valence-corrected chi connectivity index (χ0v) is 19.3. The van der Waals surface area contributed by atoms with Gasteiger partial charge in [0.1, 0.15) is 11.9 Å². The van der Waals surface area contributed by atoms with Gasteiger partial charge in [0.2, 0.25) is 11.9 Å². The summed E-state index contributed by atoms with van der Waals surface area (Å²) in [7, 11) is 5.13. The number of ether oxygens (including phenoxy) is 1. The first kappa shape index (κ1) is 22.5. The van der Waals surface area contributed by atoms with Crippen LogP contribution in [0.3, 0.4) is 0 Å². The molecule has 0 unspecified atom stereocenters. The number of fused-ring (bicyclic) bond motifs is 1. The molecule has 1 amide bonds.